The number of halogens is 2. The molecule has 3 N–H and O–H groups in total. The van der Waals surface area contributed by atoms with Crippen LogP contribution in [0, 0.1) is 17.2 Å². The van der Waals surface area contributed by atoms with Crippen molar-refractivity contribution in [3.8, 4) is 0 Å². The summed E-state index contributed by atoms with van der Waals surface area (Å²) in [6.45, 7) is 3.20. The summed E-state index contributed by atoms with van der Waals surface area (Å²) in [5.74, 6) is -2.01. The molecule has 1 aliphatic rings. The van der Waals surface area contributed by atoms with Crippen molar-refractivity contribution in [3.05, 3.63) is 81.8 Å². The Kier molecular flexibility index (Phi) is 6.78. The number of rotatable bonds is 6. The van der Waals surface area contributed by atoms with Crippen LogP contribution in [0.25, 0.3) is 16.6 Å². The van der Waals surface area contributed by atoms with E-state index in [9.17, 15) is 18.4 Å². The number of hydrogen-bond donors (Lipinski definition) is 3. The number of aromatic nitrogens is 1. The number of nitrogens with zero attached hydrogens (tertiary/aromatic N) is 3. The van der Waals surface area contributed by atoms with Crippen molar-refractivity contribution in [1.82, 2.24) is 14.8 Å². The predicted molar refractivity (Wildman–Crippen MR) is 125 cm³/mol. The van der Waals surface area contributed by atoms with Crippen LogP contribution in [0.2, 0.25) is 0 Å². The normalized spacial score (nSPS) is 14.9. The number of fused-ring (bicyclic) bond motifs is 1. The van der Waals surface area contributed by atoms with Gasteiger partial charge in [-0.05, 0) is 36.9 Å². The first-order valence-corrected chi connectivity index (χ1v) is 10.8. The van der Waals surface area contributed by atoms with Gasteiger partial charge >= 0.3 is 0 Å². The first-order chi connectivity index (χ1) is 16.3. The fourth-order valence-electron chi connectivity index (χ4n) is 3.77. The van der Waals surface area contributed by atoms with E-state index in [0.717, 1.165) is 43.9 Å². The number of likely N-dealkylation sites (N-methyl/N-ethyl adjacent to an activating group) is 1. The first-order valence-electron chi connectivity index (χ1n) is 10.8. The second-order valence-corrected chi connectivity index (χ2v) is 8.21. The van der Waals surface area contributed by atoms with Gasteiger partial charge < -0.3 is 20.1 Å². The molecule has 1 aromatic heterocycles. The Bertz CT molecular complexity index is 1310. The second kappa shape index (κ2) is 9.92. The SMILES string of the molecule is CN1CCN(C(=O)Cc2ccc(N/C=C(\N=N)c3cc4cc(F)c(F)cc4[nH]c3=O)cc2)CC1. The van der Waals surface area contributed by atoms with Gasteiger partial charge in [-0.25, -0.2) is 14.3 Å². The van der Waals surface area contributed by atoms with Crippen molar-refractivity contribution in [2.24, 2.45) is 5.11 Å². The van der Waals surface area contributed by atoms with E-state index in [-0.39, 0.29) is 28.1 Å². The summed E-state index contributed by atoms with van der Waals surface area (Å²) in [4.78, 5) is 31.5. The van der Waals surface area contributed by atoms with Gasteiger partial charge in [0.25, 0.3) is 5.56 Å². The first kappa shape index (κ1) is 23.2. The van der Waals surface area contributed by atoms with E-state index in [1.165, 1.54) is 12.3 Å². The number of carbonyl (C=O) groups excluding carboxylic acids is 1. The van der Waals surface area contributed by atoms with Crippen molar-refractivity contribution < 1.29 is 13.6 Å². The van der Waals surface area contributed by atoms with Crippen LogP contribution in [-0.2, 0) is 11.2 Å². The zero-order valence-corrected chi connectivity index (χ0v) is 18.6. The highest BCUT2D eigenvalue weighted by Gasteiger charge is 2.19. The highest BCUT2D eigenvalue weighted by molar-refractivity contribution is 5.83. The van der Waals surface area contributed by atoms with E-state index in [0.29, 0.717) is 12.1 Å². The van der Waals surface area contributed by atoms with Gasteiger partial charge in [-0.2, -0.15) is 5.11 Å². The van der Waals surface area contributed by atoms with Gasteiger partial charge in [0.2, 0.25) is 5.91 Å². The van der Waals surface area contributed by atoms with Gasteiger partial charge in [-0.3, -0.25) is 9.59 Å². The number of anilines is 1. The number of benzene rings is 2. The smallest absolute Gasteiger partial charge is 0.258 e. The molecule has 0 radical (unpaired) electrons. The van der Waals surface area contributed by atoms with Crippen molar-refractivity contribution in [1.29, 1.82) is 5.53 Å². The maximum atomic E-state index is 13.6. The fourth-order valence-corrected chi connectivity index (χ4v) is 3.77. The minimum Gasteiger partial charge on any atom is -0.360 e. The fraction of sp³-hybridized carbons (Fsp3) is 0.250. The molecule has 1 fully saturated rings. The monoisotopic (exact) mass is 466 g/mol. The van der Waals surface area contributed by atoms with Gasteiger partial charge in [0.15, 0.2) is 11.6 Å². The maximum Gasteiger partial charge on any atom is 0.258 e. The average molecular weight is 466 g/mol. The molecule has 34 heavy (non-hydrogen) atoms. The van der Waals surface area contributed by atoms with Crippen molar-refractivity contribution in [2.75, 3.05) is 38.5 Å². The highest BCUT2D eigenvalue weighted by Crippen LogP contribution is 2.21. The van der Waals surface area contributed by atoms with E-state index in [4.69, 9.17) is 5.53 Å². The quantitative estimate of drug-likeness (QED) is 0.483. The van der Waals surface area contributed by atoms with Crippen molar-refractivity contribution in [2.45, 2.75) is 6.42 Å². The number of piperazine rings is 1. The minimum atomic E-state index is -1.06. The lowest BCUT2D eigenvalue weighted by Crippen LogP contribution is -2.47. The zero-order valence-electron chi connectivity index (χ0n) is 18.6. The molecule has 1 aliphatic heterocycles. The highest BCUT2D eigenvalue weighted by atomic mass is 19.2. The Balaban J connectivity index is 1.46. The predicted octanol–water partition coefficient (Wildman–Crippen LogP) is 3.56. The molecular formula is C24H24F2N6O2. The molecule has 1 amide bonds. The third kappa shape index (κ3) is 5.18. The molecule has 0 atom stereocenters. The van der Waals surface area contributed by atoms with E-state index in [1.807, 2.05) is 24.1 Å². The lowest BCUT2D eigenvalue weighted by Gasteiger charge is -2.32. The second-order valence-electron chi connectivity index (χ2n) is 8.21. The van der Waals surface area contributed by atoms with E-state index >= 15 is 0 Å². The van der Waals surface area contributed by atoms with E-state index in [2.05, 4.69) is 20.3 Å². The van der Waals surface area contributed by atoms with Gasteiger partial charge in [0.05, 0.1) is 17.5 Å². The van der Waals surface area contributed by atoms with Crippen LogP contribution >= 0.6 is 0 Å². The molecule has 0 unspecified atom stereocenters. The number of carbonyl (C=O) groups is 1. The molecule has 0 spiro atoms. The summed E-state index contributed by atoms with van der Waals surface area (Å²) in [6, 6.07) is 10.5. The van der Waals surface area contributed by atoms with Crippen LogP contribution in [0.1, 0.15) is 11.1 Å². The van der Waals surface area contributed by atoms with Gasteiger partial charge in [-0.15, -0.1) is 0 Å². The lowest BCUT2D eigenvalue weighted by atomic mass is 10.1. The van der Waals surface area contributed by atoms with Crippen molar-refractivity contribution in [3.63, 3.8) is 0 Å². The van der Waals surface area contributed by atoms with Gasteiger partial charge in [0.1, 0.15) is 5.70 Å². The number of H-pyrrole nitrogens is 1. The summed E-state index contributed by atoms with van der Waals surface area (Å²) >= 11 is 0. The summed E-state index contributed by atoms with van der Waals surface area (Å²) < 4.78 is 27.0. The van der Waals surface area contributed by atoms with Gasteiger partial charge in [0, 0.05) is 49.5 Å². The van der Waals surface area contributed by atoms with Crippen LogP contribution in [0.5, 0.6) is 0 Å². The lowest BCUT2D eigenvalue weighted by molar-refractivity contribution is -0.132. The molecule has 8 nitrogen and oxygen atoms in total. The average Bonchev–Trinajstić information content (AvgIpc) is 2.82. The summed E-state index contributed by atoms with van der Waals surface area (Å²) in [5.41, 5.74) is 8.61. The van der Waals surface area contributed by atoms with E-state index < -0.39 is 17.2 Å². The maximum absolute atomic E-state index is 13.6. The topological polar surface area (TPSA) is 105 Å². The Morgan fingerprint density at radius 2 is 1.79 bits per heavy atom. The molecule has 0 aliphatic carbocycles. The van der Waals surface area contributed by atoms with Crippen LogP contribution in [-0.4, -0.2) is 53.9 Å². The third-order valence-electron chi connectivity index (χ3n) is 5.82. The summed E-state index contributed by atoms with van der Waals surface area (Å²) in [6.07, 6.45) is 1.70. The molecule has 0 bridgehead atoms. The number of hydrogen-bond acceptors (Lipinski definition) is 6. The molecule has 0 saturated carbocycles. The summed E-state index contributed by atoms with van der Waals surface area (Å²) in [7, 11) is 2.04. The Hall–Kier alpha value is -3.92. The molecule has 2 heterocycles. The molecule has 3 aromatic rings. The third-order valence-corrected chi connectivity index (χ3v) is 5.82. The Morgan fingerprint density at radius 1 is 1.12 bits per heavy atom. The molecule has 1 saturated heterocycles. The van der Waals surface area contributed by atoms with Crippen LogP contribution in [0.4, 0.5) is 14.5 Å². The zero-order chi connectivity index (χ0) is 24.2. The van der Waals surface area contributed by atoms with Crippen molar-refractivity contribution >= 4 is 28.2 Å². The Labute approximate surface area is 194 Å². The molecule has 2 aromatic carbocycles. The van der Waals surface area contributed by atoms with E-state index in [1.54, 1.807) is 12.1 Å². The number of pyridine rings is 1. The van der Waals surface area contributed by atoms with Gasteiger partial charge in [-0.1, -0.05) is 12.1 Å². The van der Waals surface area contributed by atoms with Crippen LogP contribution in [0.3, 0.4) is 0 Å². The minimum absolute atomic E-state index is 0.0159. The summed E-state index contributed by atoms with van der Waals surface area (Å²) in [5, 5.41) is 6.65. The number of nitrogens with one attached hydrogen (secondary N) is 3. The number of aromatic amines is 1. The Morgan fingerprint density at radius 3 is 2.47 bits per heavy atom. The van der Waals surface area contributed by atoms with Crippen LogP contribution < -0.4 is 10.9 Å². The molecular weight excluding hydrogens is 442 g/mol. The number of amides is 1. The standard InChI is InChI=1S/C24H24F2N6O2/c1-31-6-8-32(9-7-31)23(33)10-15-2-4-17(5-3-15)28-14-22(30-27)18-11-16-12-19(25)20(26)13-21(16)29-24(18)34/h2-5,11-14,27-28H,6-10H2,1H3,(H,29,34)/b22-14-,30-27?. The largest absolute Gasteiger partial charge is 0.360 e. The van der Waals surface area contributed by atoms with Crippen LogP contribution in [0.15, 0.2) is 58.6 Å². The molecule has 10 heteroatoms. The molecule has 4 rings (SSSR count). The molecule has 176 valence electrons.